The molecule has 2 nitrogen and oxygen atoms in total. The molecule has 0 aliphatic carbocycles. The first-order chi connectivity index (χ1) is 12.3. The molecule has 1 N–H and O–H groups in total. The van der Waals surface area contributed by atoms with Crippen LogP contribution < -0.4 is 5.32 Å². The van der Waals surface area contributed by atoms with Gasteiger partial charge in [-0.05, 0) is 35.4 Å². The van der Waals surface area contributed by atoms with Gasteiger partial charge in [-0.1, -0.05) is 47.5 Å². The molecule has 0 amide bonds. The summed E-state index contributed by atoms with van der Waals surface area (Å²) >= 11 is 12.6. The summed E-state index contributed by atoms with van der Waals surface area (Å²) in [5, 5.41) is 4.64. The molecule has 1 aliphatic heterocycles. The van der Waals surface area contributed by atoms with Crippen LogP contribution >= 0.6 is 35.6 Å². The van der Waals surface area contributed by atoms with Crippen LogP contribution in [0.25, 0.3) is 5.69 Å². The fourth-order valence-corrected chi connectivity index (χ4v) is 4.06. The summed E-state index contributed by atoms with van der Waals surface area (Å²) in [7, 11) is 0. The number of alkyl halides is 2. The van der Waals surface area contributed by atoms with Gasteiger partial charge in [-0.25, -0.2) is 8.78 Å². The van der Waals surface area contributed by atoms with Gasteiger partial charge in [-0.2, -0.15) is 0 Å². The molecule has 1 aliphatic rings. The SMILES string of the molecule is CC(F)(F)c1ccc(C2NCc3cc(Cl)cc(Cl)c3-n3cccc32)cc1.Cl. The maximum absolute atomic E-state index is 13.5. The summed E-state index contributed by atoms with van der Waals surface area (Å²) in [5.74, 6) is -2.85. The summed E-state index contributed by atoms with van der Waals surface area (Å²) in [4.78, 5) is 0. The summed E-state index contributed by atoms with van der Waals surface area (Å²) < 4.78 is 29.0. The summed E-state index contributed by atoms with van der Waals surface area (Å²) in [6.07, 6.45) is 1.95. The minimum absolute atomic E-state index is 0. The van der Waals surface area contributed by atoms with Crippen LogP contribution in [0.2, 0.25) is 10.0 Å². The highest BCUT2D eigenvalue weighted by atomic mass is 35.5. The highest BCUT2D eigenvalue weighted by molar-refractivity contribution is 6.36. The van der Waals surface area contributed by atoms with Crippen molar-refractivity contribution in [3.05, 3.63) is 87.2 Å². The lowest BCUT2D eigenvalue weighted by Crippen LogP contribution is -2.21. The quantitative estimate of drug-likeness (QED) is 0.491. The van der Waals surface area contributed by atoms with Gasteiger partial charge in [0.25, 0.3) is 5.92 Å². The fourth-order valence-electron chi connectivity index (χ4n) is 3.43. The first-order valence-corrected chi connectivity index (χ1v) is 8.97. The van der Waals surface area contributed by atoms with E-state index < -0.39 is 5.92 Å². The molecule has 1 aromatic heterocycles. The number of hydrogen-bond donors (Lipinski definition) is 1. The first-order valence-electron chi connectivity index (χ1n) is 8.22. The molecule has 0 fully saturated rings. The Morgan fingerprint density at radius 2 is 1.81 bits per heavy atom. The third kappa shape index (κ3) is 3.72. The van der Waals surface area contributed by atoms with Crippen LogP contribution in [0.15, 0.2) is 54.7 Å². The van der Waals surface area contributed by atoms with Gasteiger partial charge in [0.05, 0.1) is 16.8 Å². The number of rotatable bonds is 2. The molecule has 0 spiro atoms. The lowest BCUT2D eigenvalue weighted by atomic mass is 10.0. The summed E-state index contributed by atoms with van der Waals surface area (Å²) in [5.41, 5.74) is 3.78. The van der Waals surface area contributed by atoms with Crippen LogP contribution in [0.5, 0.6) is 0 Å². The molecule has 142 valence electrons. The van der Waals surface area contributed by atoms with Crippen LogP contribution in [0, 0.1) is 0 Å². The minimum atomic E-state index is -2.85. The average Bonchev–Trinajstić information content (AvgIpc) is 2.97. The maximum Gasteiger partial charge on any atom is 0.270 e. The van der Waals surface area contributed by atoms with E-state index in [0.29, 0.717) is 16.6 Å². The number of hydrogen-bond acceptors (Lipinski definition) is 1. The van der Waals surface area contributed by atoms with E-state index in [1.807, 2.05) is 29.0 Å². The summed E-state index contributed by atoms with van der Waals surface area (Å²) in [6, 6.07) is 13.9. The zero-order chi connectivity index (χ0) is 18.5. The molecule has 7 heteroatoms. The Morgan fingerprint density at radius 1 is 1.11 bits per heavy atom. The lowest BCUT2D eigenvalue weighted by molar-refractivity contribution is 0.0174. The molecule has 4 rings (SSSR count). The van der Waals surface area contributed by atoms with Crippen molar-refractivity contribution in [3.63, 3.8) is 0 Å². The first kappa shape index (κ1) is 20.2. The highest BCUT2D eigenvalue weighted by Gasteiger charge is 2.27. The molecule has 2 aromatic carbocycles. The molecule has 0 radical (unpaired) electrons. The van der Waals surface area contributed by atoms with E-state index in [0.717, 1.165) is 29.4 Å². The highest BCUT2D eigenvalue weighted by Crippen LogP contribution is 2.36. The van der Waals surface area contributed by atoms with E-state index in [1.165, 1.54) is 12.1 Å². The topological polar surface area (TPSA) is 17.0 Å². The van der Waals surface area contributed by atoms with Gasteiger partial charge in [-0.15, -0.1) is 12.4 Å². The van der Waals surface area contributed by atoms with Crippen molar-refractivity contribution in [2.24, 2.45) is 0 Å². The Balaban J connectivity index is 0.00000210. The number of benzene rings is 2. The second-order valence-corrected chi connectivity index (χ2v) is 7.37. The van der Waals surface area contributed by atoms with Crippen molar-refractivity contribution in [1.29, 1.82) is 0 Å². The minimum Gasteiger partial charge on any atom is -0.317 e. The molecule has 0 saturated carbocycles. The van der Waals surface area contributed by atoms with Gasteiger partial charge < -0.3 is 9.88 Å². The zero-order valence-electron chi connectivity index (χ0n) is 14.3. The standard InChI is InChI=1S/C20H16Cl2F2N2.ClH/c1-20(23,24)14-6-4-12(5-7-14)18-17-3-2-8-26(17)19-13(11-25-18)9-15(21)10-16(19)22;/h2-10,18,25H,11H2,1H3;1H. The van der Waals surface area contributed by atoms with Gasteiger partial charge in [0.1, 0.15) is 0 Å². The molecule has 2 heterocycles. The number of nitrogens with zero attached hydrogens (tertiary/aromatic N) is 1. The van der Waals surface area contributed by atoms with E-state index in [2.05, 4.69) is 5.32 Å². The van der Waals surface area contributed by atoms with Crippen LogP contribution in [-0.2, 0) is 12.5 Å². The molecule has 0 bridgehead atoms. The number of aromatic nitrogens is 1. The van der Waals surface area contributed by atoms with Gasteiger partial charge in [0, 0.05) is 35.9 Å². The third-order valence-electron chi connectivity index (χ3n) is 4.67. The Bertz CT molecular complexity index is 962. The predicted molar refractivity (Wildman–Crippen MR) is 108 cm³/mol. The molecule has 3 aromatic rings. The van der Waals surface area contributed by atoms with E-state index >= 15 is 0 Å². The van der Waals surface area contributed by atoms with Crippen molar-refractivity contribution in [1.82, 2.24) is 9.88 Å². The largest absolute Gasteiger partial charge is 0.317 e. The van der Waals surface area contributed by atoms with Crippen molar-refractivity contribution >= 4 is 35.6 Å². The summed E-state index contributed by atoms with van der Waals surface area (Å²) in [6.45, 7) is 1.47. The van der Waals surface area contributed by atoms with Crippen LogP contribution in [0.1, 0.15) is 35.3 Å². The van der Waals surface area contributed by atoms with Crippen molar-refractivity contribution in [2.75, 3.05) is 0 Å². The van der Waals surface area contributed by atoms with Crippen LogP contribution in [-0.4, -0.2) is 4.57 Å². The van der Waals surface area contributed by atoms with Crippen molar-refractivity contribution in [2.45, 2.75) is 25.4 Å². The molecule has 1 atom stereocenters. The van der Waals surface area contributed by atoms with Crippen molar-refractivity contribution in [3.8, 4) is 5.69 Å². The van der Waals surface area contributed by atoms with Gasteiger partial charge in [0.2, 0.25) is 0 Å². The normalized spacial score (nSPS) is 16.1. The average molecular weight is 430 g/mol. The Labute approximate surface area is 172 Å². The smallest absolute Gasteiger partial charge is 0.270 e. The monoisotopic (exact) mass is 428 g/mol. The Kier molecular flexibility index (Phi) is 5.55. The van der Waals surface area contributed by atoms with E-state index in [4.69, 9.17) is 23.2 Å². The van der Waals surface area contributed by atoms with E-state index in [9.17, 15) is 8.78 Å². The number of halogens is 5. The Morgan fingerprint density at radius 3 is 2.48 bits per heavy atom. The van der Waals surface area contributed by atoms with Gasteiger partial charge >= 0.3 is 0 Å². The van der Waals surface area contributed by atoms with Crippen LogP contribution in [0.3, 0.4) is 0 Å². The number of nitrogens with one attached hydrogen (secondary N) is 1. The second kappa shape index (κ2) is 7.44. The van der Waals surface area contributed by atoms with Gasteiger partial charge in [0.15, 0.2) is 0 Å². The Hall–Kier alpha value is -1.59. The fraction of sp³-hybridized carbons (Fsp3) is 0.200. The molecular formula is C20H17Cl3F2N2. The van der Waals surface area contributed by atoms with Gasteiger partial charge in [-0.3, -0.25) is 0 Å². The molecule has 1 unspecified atom stereocenters. The zero-order valence-corrected chi connectivity index (χ0v) is 16.7. The molecule has 27 heavy (non-hydrogen) atoms. The number of fused-ring (bicyclic) bond motifs is 3. The van der Waals surface area contributed by atoms with E-state index in [1.54, 1.807) is 18.2 Å². The molecular weight excluding hydrogens is 413 g/mol. The van der Waals surface area contributed by atoms with Crippen LogP contribution in [0.4, 0.5) is 8.78 Å². The maximum atomic E-state index is 13.5. The third-order valence-corrected chi connectivity index (χ3v) is 5.18. The predicted octanol–water partition coefficient (Wildman–Crippen LogP) is 6.51. The second-order valence-electron chi connectivity index (χ2n) is 6.52. The van der Waals surface area contributed by atoms with E-state index in [-0.39, 0.29) is 24.0 Å². The van der Waals surface area contributed by atoms with Crippen molar-refractivity contribution < 1.29 is 8.78 Å². The molecule has 0 saturated heterocycles. The lowest BCUT2D eigenvalue weighted by Gasteiger charge is -2.19.